The average Bonchev–Trinajstić information content (AvgIpc) is 2.80. The largest absolute Gasteiger partial charge is 0.378 e. The Morgan fingerprint density at radius 3 is 2.13 bits per heavy atom. The SMILES string of the molecule is CN(C)CC(NC(=O)NCC(C(=O)N1CCOCC1)c1ccccc1)c1ccccc1. The summed E-state index contributed by atoms with van der Waals surface area (Å²) in [5.74, 6) is -0.420. The van der Waals surface area contributed by atoms with Gasteiger partial charge in [-0.2, -0.15) is 0 Å². The summed E-state index contributed by atoms with van der Waals surface area (Å²) < 4.78 is 5.37. The number of hydrogen-bond donors (Lipinski definition) is 2. The summed E-state index contributed by atoms with van der Waals surface area (Å²) in [5, 5.41) is 5.98. The third-order valence-corrected chi connectivity index (χ3v) is 5.34. The molecular formula is C24H32N4O3. The van der Waals surface area contributed by atoms with E-state index < -0.39 is 5.92 Å². The Morgan fingerprint density at radius 2 is 1.55 bits per heavy atom. The van der Waals surface area contributed by atoms with Gasteiger partial charge in [-0.3, -0.25) is 4.79 Å². The van der Waals surface area contributed by atoms with Crippen molar-refractivity contribution in [2.24, 2.45) is 0 Å². The number of ether oxygens (including phenoxy) is 1. The second-order valence-corrected chi connectivity index (χ2v) is 7.98. The Morgan fingerprint density at radius 1 is 0.968 bits per heavy atom. The summed E-state index contributed by atoms with van der Waals surface area (Å²) in [6.07, 6.45) is 0. The number of hydrogen-bond acceptors (Lipinski definition) is 4. The first-order chi connectivity index (χ1) is 15.0. The van der Waals surface area contributed by atoms with Crippen LogP contribution in [0.15, 0.2) is 60.7 Å². The van der Waals surface area contributed by atoms with E-state index in [2.05, 4.69) is 10.6 Å². The molecule has 3 amide bonds. The highest BCUT2D eigenvalue weighted by Gasteiger charge is 2.28. The first kappa shape index (κ1) is 22.8. The van der Waals surface area contributed by atoms with E-state index in [1.54, 1.807) is 0 Å². The van der Waals surface area contributed by atoms with Crippen LogP contribution >= 0.6 is 0 Å². The van der Waals surface area contributed by atoms with Gasteiger partial charge >= 0.3 is 6.03 Å². The van der Waals surface area contributed by atoms with Crippen molar-refractivity contribution in [3.63, 3.8) is 0 Å². The number of carbonyl (C=O) groups excluding carboxylic acids is 2. The highest BCUT2D eigenvalue weighted by atomic mass is 16.5. The van der Waals surface area contributed by atoms with E-state index in [1.165, 1.54) is 0 Å². The summed E-state index contributed by atoms with van der Waals surface area (Å²) in [4.78, 5) is 29.8. The molecule has 31 heavy (non-hydrogen) atoms. The van der Waals surface area contributed by atoms with Crippen LogP contribution in [0.25, 0.3) is 0 Å². The quantitative estimate of drug-likeness (QED) is 0.682. The van der Waals surface area contributed by atoms with Gasteiger partial charge in [0.1, 0.15) is 0 Å². The lowest BCUT2D eigenvalue weighted by molar-refractivity contribution is -0.136. The molecule has 7 heteroatoms. The molecule has 1 heterocycles. The van der Waals surface area contributed by atoms with Gasteiger partial charge in [-0.25, -0.2) is 4.79 Å². The number of rotatable bonds is 8. The van der Waals surface area contributed by atoms with Crippen LogP contribution in [0, 0.1) is 0 Å². The zero-order valence-electron chi connectivity index (χ0n) is 18.3. The second-order valence-electron chi connectivity index (χ2n) is 7.98. The van der Waals surface area contributed by atoms with E-state index in [0.29, 0.717) is 32.8 Å². The lowest BCUT2D eigenvalue weighted by Crippen LogP contribution is -2.47. The van der Waals surface area contributed by atoms with Crippen LogP contribution in [-0.4, -0.2) is 75.2 Å². The fourth-order valence-corrected chi connectivity index (χ4v) is 3.73. The second kappa shape index (κ2) is 11.5. The van der Waals surface area contributed by atoms with E-state index in [4.69, 9.17) is 4.74 Å². The van der Waals surface area contributed by atoms with Crippen LogP contribution in [0.2, 0.25) is 0 Å². The number of urea groups is 1. The fourth-order valence-electron chi connectivity index (χ4n) is 3.73. The molecule has 7 nitrogen and oxygen atoms in total. The number of morpholine rings is 1. The number of nitrogens with zero attached hydrogens (tertiary/aromatic N) is 2. The van der Waals surface area contributed by atoms with Crippen molar-refractivity contribution in [3.05, 3.63) is 71.8 Å². The molecule has 2 aromatic carbocycles. The maximum atomic E-state index is 13.2. The topological polar surface area (TPSA) is 73.9 Å². The Labute approximate surface area is 184 Å². The molecule has 2 unspecified atom stereocenters. The summed E-state index contributed by atoms with van der Waals surface area (Å²) in [6.45, 7) is 3.15. The van der Waals surface area contributed by atoms with Crippen molar-refractivity contribution in [1.29, 1.82) is 0 Å². The van der Waals surface area contributed by atoms with Gasteiger partial charge in [-0.15, -0.1) is 0 Å². The molecule has 1 aliphatic rings. The molecule has 0 radical (unpaired) electrons. The first-order valence-electron chi connectivity index (χ1n) is 10.7. The summed E-state index contributed by atoms with van der Waals surface area (Å²) >= 11 is 0. The molecule has 0 spiro atoms. The summed E-state index contributed by atoms with van der Waals surface area (Å²) in [5.41, 5.74) is 1.93. The van der Waals surface area contributed by atoms with Crippen LogP contribution < -0.4 is 10.6 Å². The van der Waals surface area contributed by atoms with Crippen molar-refractivity contribution in [1.82, 2.24) is 20.4 Å². The van der Waals surface area contributed by atoms with Gasteiger partial charge in [0.15, 0.2) is 0 Å². The zero-order chi connectivity index (χ0) is 22.1. The highest BCUT2D eigenvalue weighted by molar-refractivity contribution is 5.85. The molecule has 2 N–H and O–H groups in total. The van der Waals surface area contributed by atoms with E-state index in [1.807, 2.05) is 84.6 Å². The van der Waals surface area contributed by atoms with Crippen LogP contribution in [0.5, 0.6) is 0 Å². The molecular weight excluding hydrogens is 392 g/mol. The van der Waals surface area contributed by atoms with Gasteiger partial charge < -0.3 is 25.2 Å². The van der Waals surface area contributed by atoms with E-state index >= 15 is 0 Å². The van der Waals surface area contributed by atoms with Crippen molar-refractivity contribution < 1.29 is 14.3 Å². The Bertz CT molecular complexity index is 823. The predicted molar refractivity (Wildman–Crippen MR) is 121 cm³/mol. The van der Waals surface area contributed by atoms with Crippen molar-refractivity contribution in [2.45, 2.75) is 12.0 Å². The van der Waals surface area contributed by atoms with Gasteiger partial charge in [-0.05, 0) is 25.2 Å². The molecule has 2 atom stereocenters. The van der Waals surface area contributed by atoms with Gasteiger partial charge in [-0.1, -0.05) is 60.7 Å². The minimum absolute atomic E-state index is 0.0164. The molecule has 1 fully saturated rings. The van der Waals surface area contributed by atoms with Gasteiger partial charge in [0.2, 0.25) is 5.91 Å². The van der Waals surface area contributed by atoms with E-state index in [9.17, 15) is 9.59 Å². The lowest BCUT2D eigenvalue weighted by atomic mass is 9.97. The molecule has 0 aliphatic carbocycles. The maximum Gasteiger partial charge on any atom is 0.315 e. The molecule has 1 saturated heterocycles. The van der Waals surface area contributed by atoms with Gasteiger partial charge in [0.05, 0.1) is 25.2 Å². The molecule has 1 aliphatic heterocycles. The average molecular weight is 425 g/mol. The van der Waals surface area contributed by atoms with Gasteiger partial charge in [0, 0.05) is 26.2 Å². The number of carbonyl (C=O) groups is 2. The first-order valence-corrected chi connectivity index (χ1v) is 10.7. The number of benzene rings is 2. The molecule has 3 rings (SSSR count). The summed E-state index contributed by atoms with van der Waals surface area (Å²) in [7, 11) is 3.95. The summed E-state index contributed by atoms with van der Waals surface area (Å²) in [6, 6.07) is 19.1. The molecule has 166 valence electrons. The Balaban J connectivity index is 1.66. The minimum Gasteiger partial charge on any atom is -0.378 e. The number of nitrogens with one attached hydrogen (secondary N) is 2. The molecule has 0 saturated carbocycles. The van der Waals surface area contributed by atoms with Crippen LogP contribution in [0.3, 0.4) is 0 Å². The Kier molecular flexibility index (Phi) is 8.44. The predicted octanol–water partition coefficient (Wildman–Crippen LogP) is 2.23. The fraction of sp³-hybridized carbons (Fsp3) is 0.417. The van der Waals surface area contributed by atoms with Crippen molar-refractivity contribution in [3.8, 4) is 0 Å². The standard InChI is InChI=1S/C24H32N4O3/c1-27(2)18-22(20-11-7-4-8-12-20)26-24(30)25-17-21(19-9-5-3-6-10-19)23(29)28-13-15-31-16-14-28/h3-12,21-22H,13-18H2,1-2H3,(H2,25,26,30). The number of amides is 3. The smallest absolute Gasteiger partial charge is 0.315 e. The third kappa shape index (κ3) is 6.80. The van der Waals surface area contributed by atoms with Gasteiger partial charge in [0.25, 0.3) is 0 Å². The molecule has 2 aromatic rings. The van der Waals surface area contributed by atoms with Crippen LogP contribution in [0.4, 0.5) is 4.79 Å². The van der Waals surface area contributed by atoms with Crippen molar-refractivity contribution >= 4 is 11.9 Å². The molecule has 0 bridgehead atoms. The highest BCUT2D eigenvalue weighted by Crippen LogP contribution is 2.19. The third-order valence-electron chi connectivity index (χ3n) is 5.34. The molecule has 0 aromatic heterocycles. The lowest BCUT2D eigenvalue weighted by Gasteiger charge is -2.31. The zero-order valence-corrected chi connectivity index (χ0v) is 18.3. The monoisotopic (exact) mass is 424 g/mol. The normalized spacial score (nSPS) is 15.9. The van der Waals surface area contributed by atoms with Crippen molar-refractivity contribution in [2.75, 3.05) is 53.5 Å². The van der Waals surface area contributed by atoms with Crippen LogP contribution in [-0.2, 0) is 9.53 Å². The minimum atomic E-state index is -0.436. The van der Waals surface area contributed by atoms with E-state index in [-0.39, 0.29) is 24.5 Å². The van der Waals surface area contributed by atoms with E-state index in [0.717, 1.165) is 11.1 Å². The Hall–Kier alpha value is -2.90. The maximum absolute atomic E-state index is 13.2. The van der Waals surface area contributed by atoms with Crippen LogP contribution in [0.1, 0.15) is 23.1 Å². The number of likely N-dealkylation sites (N-methyl/N-ethyl adjacent to an activating group) is 1.